The van der Waals surface area contributed by atoms with Crippen LogP contribution < -0.4 is 15.6 Å². The second-order valence-electron chi connectivity index (χ2n) is 7.61. The average molecular weight is 396 g/mol. The Balaban J connectivity index is 1.92. The molecule has 1 aliphatic carbocycles. The first-order chi connectivity index (χ1) is 13.1. The van der Waals surface area contributed by atoms with E-state index in [0.29, 0.717) is 31.0 Å². The van der Waals surface area contributed by atoms with Gasteiger partial charge in [0, 0.05) is 30.6 Å². The maximum Gasteiger partial charge on any atom is 0.417 e. The van der Waals surface area contributed by atoms with Gasteiger partial charge in [-0.15, -0.1) is 0 Å². The molecule has 1 N–H and O–H groups in total. The first-order valence-corrected chi connectivity index (χ1v) is 9.29. The number of rotatable bonds is 7. The molecule has 1 fully saturated rings. The smallest absolute Gasteiger partial charge is 0.417 e. The van der Waals surface area contributed by atoms with Crippen molar-refractivity contribution in [2.45, 2.75) is 39.4 Å². The maximum absolute atomic E-state index is 13.4. The predicted octanol–water partition coefficient (Wildman–Crippen LogP) is 3.58. The molecule has 8 heteroatoms. The van der Waals surface area contributed by atoms with Gasteiger partial charge in [0.2, 0.25) is 0 Å². The number of hydrogen-bond acceptors (Lipinski definition) is 3. The number of alkyl halides is 3. The van der Waals surface area contributed by atoms with Gasteiger partial charge in [-0.25, -0.2) is 0 Å². The molecule has 0 aliphatic heterocycles. The second-order valence-corrected chi connectivity index (χ2v) is 7.61. The minimum atomic E-state index is -4.63. The summed E-state index contributed by atoms with van der Waals surface area (Å²) in [6, 6.07) is 4.75. The molecule has 152 valence electrons. The van der Waals surface area contributed by atoms with Crippen LogP contribution >= 0.6 is 0 Å². The van der Waals surface area contributed by atoms with E-state index in [2.05, 4.69) is 5.32 Å². The number of benzene rings is 1. The third-order valence-corrected chi connectivity index (χ3v) is 4.60. The molecule has 0 spiro atoms. The first-order valence-electron chi connectivity index (χ1n) is 9.29. The molecule has 1 amide bonds. The Morgan fingerprint density at radius 2 is 2.00 bits per heavy atom. The summed E-state index contributed by atoms with van der Waals surface area (Å²) in [5.74, 6) is 0.537. The highest BCUT2D eigenvalue weighted by Crippen LogP contribution is 2.36. The summed E-state index contributed by atoms with van der Waals surface area (Å²) in [5, 5.41) is 2.65. The van der Waals surface area contributed by atoms with Gasteiger partial charge < -0.3 is 14.6 Å². The van der Waals surface area contributed by atoms with Crippen molar-refractivity contribution in [1.82, 2.24) is 9.88 Å². The first kappa shape index (κ1) is 20.2. The molecule has 1 aromatic heterocycles. The molecule has 0 bridgehead atoms. The lowest BCUT2D eigenvalue weighted by molar-refractivity contribution is -0.136. The molecule has 0 atom stereocenters. The number of aromatic nitrogens is 1. The van der Waals surface area contributed by atoms with Crippen LogP contribution in [0.4, 0.5) is 13.2 Å². The third-order valence-electron chi connectivity index (χ3n) is 4.60. The molecule has 2 aromatic rings. The Morgan fingerprint density at radius 1 is 1.29 bits per heavy atom. The van der Waals surface area contributed by atoms with Crippen LogP contribution in [-0.2, 0) is 17.5 Å². The Kier molecular flexibility index (Phi) is 5.67. The molecule has 0 saturated heterocycles. The average Bonchev–Trinajstić information content (AvgIpc) is 3.43. The molecule has 1 heterocycles. The fraction of sp³-hybridized carbons (Fsp3) is 0.500. The van der Waals surface area contributed by atoms with Crippen molar-refractivity contribution in [3.05, 3.63) is 40.2 Å². The number of pyridine rings is 1. The van der Waals surface area contributed by atoms with E-state index in [1.54, 1.807) is 0 Å². The summed E-state index contributed by atoms with van der Waals surface area (Å²) in [4.78, 5) is 24.2. The van der Waals surface area contributed by atoms with Crippen molar-refractivity contribution in [2.24, 2.45) is 11.8 Å². The summed E-state index contributed by atoms with van der Waals surface area (Å²) in [6.07, 6.45) is -2.71. The fourth-order valence-corrected chi connectivity index (χ4v) is 2.95. The highest BCUT2D eigenvalue weighted by atomic mass is 19.4. The van der Waals surface area contributed by atoms with Crippen LogP contribution in [-0.4, -0.2) is 23.6 Å². The number of fused-ring (bicyclic) bond motifs is 1. The number of hydrogen-bond donors (Lipinski definition) is 1. The lowest BCUT2D eigenvalue weighted by atomic mass is 10.1. The molecule has 28 heavy (non-hydrogen) atoms. The zero-order valence-electron chi connectivity index (χ0n) is 15.8. The molecular weight excluding hydrogens is 373 g/mol. The molecule has 5 nitrogen and oxygen atoms in total. The topological polar surface area (TPSA) is 60.3 Å². The van der Waals surface area contributed by atoms with E-state index >= 15 is 0 Å². The lowest BCUT2D eigenvalue weighted by Crippen LogP contribution is -2.31. The van der Waals surface area contributed by atoms with Crippen LogP contribution in [0.1, 0.15) is 32.3 Å². The van der Waals surface area contributed by atoms with Crippen molar-refractivity contribution in [1.29, 1.82) is 0 Å². The summed E-state index contributed by atoms with van der Waals surface area (Å²) in [7, 11) is 0. The molecular formula is C20H23F3N2O3. The maximum atomic E-state index is 13.4. The highest BCUT2D eigenvalue weighted by molar-refractivity contribution is 5.85. The van der Waals surface area contributed by atoms with Crippen LogP contribution in [0, 0.1) is 11.8 Å². The Hall–Kier alpha value is -2.51. The van der Waals surface area contributed by atoms with Crippen LogP contribution in [0.25, 0.3) is 10.9 Å². The van der Waals surface area contributed by atoms with Crippen molar-refractivity contribution < 1.29 is 22.7 Å². The molecule has 0 radical (unpaired) electrons. The SMILES string of the molecule is CC(C)CNC(=O)COc1ccc2c(C(F)(F)F)cc(=O)n(CC3CC3)c2c1. The lowest BCUT2D eigenvalue weighted by Gasteiger charge is -2.16. The van der Waals surface area contributed by atoms with Crippen LogP contribution in [0.3, 0.4) is 0 Å². The van der Waals surface area contributed by atoms with Gasteiger partial charge >= 0.3 is 6.18 Å². The Bertz CT molecular complexity index is 931. The second kappa shape index (κ2) is 7.85. The zero-order valence-corrected chi connectivity index (χ0v) is 15.8. The summed E-state index contributed by atoms with van der Waals surface area (Å²) >= 11 is 0. The number of halogens is 3. The standard InChI is InChI=1S/C20H23F3N2O3/c1-12(2)9-24-18(26)11-28-14-5-6-15-16(20(21,22)23)8-19(27)25(17(15)7-14)10-13-3-4-13/h5-8,12-13H,3-4,9-11H2,1-2H3,(H,24,26). The van der Waals surface area contributed by atoms with Gasteiger partial charge in [-0.2, -0.15) is 13.2 Å². The van der Waals surface area contributed by atoms with E-state index in [4.69, 9.17) is 4.74 Å². The van der Waals surface area contributed by atoms with Crippen LogP contribution in [0.5, 0.6) is 5.75 Å². The van der Waals surface area contributed by atoms with Gasteiger partial charge in [-0.3, -0.25) is 9.59 Å². The number of nitrogens with one attached hydrogen (secondary N) is 1. The van der Waals surface area contributed by atoms with Gasteiger partial charge in [-0.05, 0) is 36.8 Å². The van der Waals surface area contributed by atoms with E-state index < -0.39 is 17.3 Å². The van der Waals surface area contributed by atoms with E-state index in [0.717, 1.165) is 12.8 Å². The Morgan fingerprint density at radius 3 is 2.61 bits per heavy atom. The molecule has 1 saturated carbocycles. The largest absolute Gasteiger partial charge is 0.484 e. The quantitative estimate of drug-likeness (QED) is 0.778. The van der Waals surface area contributed by atoms with E-state index in [1.807, 2.05) is 13.8 Å². The summed E-state index contributed by atoms with van der Waals surface area (Å²) in [5.41, 5.74) is -1.47. The minimum Gasteiger partial charge on any atom is -0.484 e. The van der Waals surface area contributed by atoms with E-state index in [-0.39, 0.29) is 29.2 Å². The predicted molar refractivity (Wildman–Crippen MR) is 99.3 cm³/mol. The summed E-state index contributed by atoms with van der Waals surface area (Å²) < 4.78 is 46.9. The van der Waals surface area contributed by atoms with Gasteiger partial charge in [0.1, 0.15) is 5.75 Å². The molecule has 1 aliphatic rings. The van der Waals surface area contributed by atoms with Crippen molar-refractivity contribution in [3.63, 3.8) is 0 Å². The number of amides is 1. The van der Waals surface area contributed by atoms with Gasteiger partial charge in [0.15, 0.2) is 6.61 Å². The summed E-state index contributed by atoms with van der Waals surface area (Å²) in [6.45, 7) is 4.56. The third kappa shape index (κ3) is 4.85. The fourth-order valence-electron chi connectivity index (χ4n) is 2.95. The van der Waals surface area contributed by atoms with Crippen molar-refractivity contribution >= 4 is 16.8 Å². The monoisotopic (exact) mass is 396 g/mol. The normalized spacial score (nSPS) is 14.5. The Labute approximate surface area is 160 Å². The number of nitrogens with zero attached hydrogens (tertiary/aromatic N) is 1. The number of ether oxygens (including phenoxy) is 1. The van der Waals surface area contributed by atoms with Gasteiger partial charge in [-0.1, -0.05) is 13.8 Å². The molecule has 3 rings (SSSR count). The van der Waals surface area contributed by atoms with E-state index in [9.17, 15) is 22.8 Å². The van der Waals surface area contributed by atoms with Crippen LogP contribution in [0.15, 0.2) is 29.1 Å². The number of carbonyl (C=O) groups excluding carboxylic acids is 1. The van der Waals surface area contributed by atoms with Crippen molar-refractivity contribution in [2.75, 3.05) is 13.2 Å². The zero-order chi connectivity index (χ0) is 20.5. The molecule has 0 unspecified atom stereocenters. The minimum absolute atomic E-state index is 0.0515. The van der Waals surface area contributed by atoms with Gasteiger partial charge in [0.25, 0.3) is 11.5 Å². The van der Waals surface area contributed by atoms with Gasteiger partial charge in [0.05, 0.1) is 11.1 Å². The number of carbonyl (C=O) groups is 1. The molecule has 1 aromatic carbocycles. The van der Waals surface area contributed by atoms with Crippen LogP contribution in [0.2, 0.25) is 0 Å². The van der Waals surface area contributed by atoms with E-state index in [1.165, 1.54) is 22.8 Å². The van der Waals surface area contributed by atoms with Crippen molar-refractivity contribution in [3.8, 4) is 5.75 Å². The highest BCUT2D eigenvalue weighted by Gasteiger charge is 2.34.